The van der Waals surface area contributed by atoms with Crippen LogP contribution in [-0.4, -0.2) is 0 Å². The van der Waals surface area contributed by atoms with Crippen LogP contribution < -0.4 is 5.73 Å². The van der Waals surface area contributed by atoms with E-state index < -0.39 is 0 Å². The molecule has 1 heteroatoms. The first kappa shape index (κ1) is 16.7. The molecule has 0 unspecified atom stereocenters. The maximum Gasteiger partial charge on any atom is 0.0178 e. The van der Waals surface area contributed by atoms with Crippen molar-refractivity contribution in [2.45, 2.75) is 6.54 Å². The monoisotopic (exact) mass is 359 g/mol. The average molecular weight is 359 g/mol. The number of hydrogen-bond acceptors (Lipinski definition) is 1. The maximum absolute atomic E-state index is 5.99. The summed E-state index contributed by atoms with van der Waals surface area (Å²) in [7, 11) is 0. The lowest BCUT2D eigenvalue weighted by Gasteiger charge is -2.18. The zero-order chi connectivity index (χ0) is 18.9. The van der Waals surface area contributed by atoms with Crippen molar-refractivity contribution >= 4 is 21.5 Å². The van der Waals surface area contributed by atoms with Gasteiger partial charge in [0.25, 0.3) is 0 Å². The Kier molecular flexibility index (Phi) is 4.16. The molecule has 0 aliphatic rings. The molecule has 0 saturated heterocycles. The van der Waals surface area contributed by atoms with Crippen LogP contribution in [0.5, 0.6) is 0 Å². The van der Waals surface area contributed by atoms with E-state index in [0.717, 1.165) is 5.56 Å². The number of hydrogen-bond donors (Lipinski definition) is 1. The van der Waals surface area contributed by atoms with Crippen LogP contribution in [0.4, 0.5) is 0 Å². The van der Waals surface area contributed by atoms with Gasteiger partial charge in [-0.1, -0.05) is 97.1 Å². The van der Waals surface area contributed by atoms with Gasteiger partial charge in [0.2, 0.25) is 0 Å². The van der Waals surface area contributed by atoms with Gasteiger partial charge in [-0.2, -0.15) is 0 Å². The van der Waals surface area contributed by atoms with Crippen LogP contribution in [-0.2, 0) is 6.54 Å². The van der Waals surface area contributed by atoms with Crippen molar-refractivity contribution in [1.82, 2.24) is 0 Å². The molecule has 0 spiro atoms. The summed E-state index contributed by atoms with van der Waals surface area (Å²) in [4.78, 5) is 0. The fourth-order valence-corrected chi connectivity index (χ4v) is 4.18. The van der Waals surface area contributed by atoms with Gasteiger partial charge in [-0.15, -0.1) is 0 Å². The van der Waals surface area contributed by atoms with Gasteiger partial charge in [-0.3, -0.25) is 0 Å². The third-order valence-corrected chi connectivity index (χ3v) is 5.45. The predicted octanol–water partition coefficient (Wildman–Crippen LogP) is 6.79. The summed E-state index contributed by atoms with van der Waals surface area (Å²) in [6.45, 7) is 0.539. The smallest absolute Gasteiger partial charge is 0.0178 e. The molecular formula is C27H21N. The third kappa shape index (κ3) is 2.69. The molecule has 0 bridgehead atoms. The molecule has 0 atom stereocenters. The Morgan fingerprint density at radius 1 is 0.464 bits per heavy atom. The SMILES string of the molecule is NCc1ccc2c(-c3ccccc3)c3ccccc3c(-c3ccccc3)c2c1. The Bertz CT molecular complexity index is 1270. The minimum Gasteiger partial charge on any atom is -0.326 e. The molecule has 5 rings (SSSR count). The Balaban J connectivity index is 2.02. The lowest BCUT2D eigenvalue weighted by atomic mass is 9.85. The summed E-state index contributed by atoms with van der Waals surface area (Å²) in [5.74, 6) is 0. The van der Waals surface area contributed by atoms with Gasteiger partial charge in [-0.05, 0) is 55.4 Å². The number of benzene rings is 5. The Hall–Kier alpha value is -3.42. The quantitative estimate of drug-likeness (QED) is 0.353. The standard InChI is InChI=1S/C27H21N/c28-18-19-15-16-24-25(17-19)27(21-11-5-2-6-12-21)23-14-8-7-13-22(23)26(24)20-9-3-1-4-10-20/h1-17H,18,28H2. The second-order valence-corrected chi connectivity index (χ2v) is 7.11. The van der Waals surface area contributed by atoms with Crippen LogP contribution in [0.2, 0.25) is 0 Å². The molecule has 0 amide bonds. The number of fused-ring (bicyclic) bond motifs is 2. The first-order valence-electron chi connectivity index (χ1n) is 9.65. The minimum atomic E-state index is 0.539. The predicted molar refractivity (Wildman–Crippen MR) is 120 cm³/mol. The molecule has 0 fully saturated rings. The van der Waals surface area contributed by atoms with E-state index in [1.807, 2.05) is 0 Å². The van der Waals surface area contributed by atoms with Crippen molar-refractivity contribution in [3.05, 3.63) is 109 Å². The maximum atomic E-state index is 5.99. The van der Waals surface area contributed by atoms with E-state index >= 15 is 0 Å². The summed E-state index contributed by atoms with van der Waals surface area (Å²) < 4.78 is 0. The van der Waals surface area contributed by atoms with E-state index in [-0.39, 0.29) is 0 Å². The van der Waals surface area contributed by atoms with Crippen LogP contribution in [0.25, 0.3) is 43.8 Å². The molecule has 1 nitrogen and oxygen atoms in total. The zero-order valence-corrected chi connectivity index (χ0v) is 15.6. The van der Waals surface area contributed by atoms with E-state index in [0.29, 0.717) is 6.54 Å². The van der Waals surface area contributed by atoms with E-state index in [4.69, 9.17) is 5.73 Å². The molecule has 0 heterocycles. The molecule has 0 radical (unpaired) electrons. The molecule has 0 aromatic heterocycles. The van der Waals surface area contributed by atoms with Gasteiger partial charge >= 0.3 is 0 Å². The second kappa shape index (κ2) is 6.95. The summed E-state index contributed by atoms with van der Waals surface area (Å²) in [5, 5.41) is 5.07. The molecule has 28 heavy (non-hydrogen) atoms. The van der Waals surface area contributed by atoms with Gasteiger partial charge in [0.05, 0.1) is 0 Å². The van der Waals surface area contributed by atoms with Gasteiger partial charge in [0.15, 0.2) is 0 Å². The first-order valence-corrected chi connectivity index (χ1v) is 9.65. The van der Waals surface area contributed by atoms with Gasteiger partial charge in [0, 0.05) is 6.54 Å². The Morgan fingerprint density at radius 2 is 0.929 bits per heavy atom. The Morgan fingerprint density at radius 3 is 1.46 bits per heavy atom. The van der Waals surface area contributed by atoms with Gasteiger partial charge in [0.1, 0.15) is 0 Å². The summed E-state index contributed by atoms with van der Waals surface area (Å²) >= 11 is 0. The van der Waals surface area contributed by atoms with Crippen molar-refractivity contribution in [3.63, 3.8) is 0 Å². The van der Waals surface area contributed by atoms with E-state index in [1.165, 1.54) is 43.8 Å². The van der Waals surface area contributed by atoms with Crippen LogP contribution in [0, 0.1) is 0 Å². The lowest BCUT2D eigenvalue weighted by molar-refractivity contribution is 1.08. The van der Waals surface area contributed by atoms with E-state index in [2.05, 4.69) is 103 Å². The molecule has 0 saturated carbocycles. The first-order chi connectivity index (χ1) is 13.9. The normalized spacial score (nSPS) is 11.2. The van der Waals surface area contributed by atoms with Crippen molar-refractivity contribution in [1.29, 1.82) is 0 Å². The molecule has 0 aliphatic heterocycles. The largest absolute Gasteiger partial charge is 0.326 e. The van der Waals surface area contributed by atoms with Crippen LogP contribution in [0.3, 0.4) is 0 Å². The van der Waals surface area contributed by atoms with Crippen molar-refractivity contribution in [3.8, 4) is 22.3 Å². The van der Waals surface area contributed by atoms with Crippen LogP contribution in [0.1, 0.15) is 5.56 Å². The highest BCUT2D eigenvalue weighted by molar-refractivity contribution is 6.21. The molecular weight excluding hydrogens is 338 g/mol. The van der Waals surface area contributed by atoms with E-state index in [1.54, 1.807) is 0 Å². The topological polar surface area (TPSA) is 26.0 Å². The van der Waals surface area contributed by atoms with Gasteiger partial charge < -0.3 is 5.73 Å². The third-order valence-electron chi connectivity index (χ3n) is 5.45. The number of nitrogens with two attached hydrogens (primary N) is 1. The minimum absolute atomic E-state index is 0.539. The summed E-state index contributed by atoms with van der Waals surface area (Å²) in [5.41, 5.74) is 12.2. The van der Waals surface area contributed by atoms with Crippen LogP contribution in [0.15, 0.2) is 103 Å². The number of rotatable bonds is 3. The fraction of sp³-hybridized carbons (Fsp3) is 0.0370. The second-order valence-electron chi connectivity index (χ2n) is 7.11. The highest BCUT2D eigenvalue weighted by Crippen LogP contribution is 2.43. The van der Waals surface area contributed by atoms with Crippen LogP contribution >= 0.6 is 0 Å². The zero-order valence-electron chi connectivity index (χ0n) is 15.6. The van der Waals surface area contributed by atoms with Crippen molar-refractivity contribution in [2.75, 3.05) is 0 Å². The average Bonchev–Trinajstić information content (AvgIpc) is 2.78. The molecule has 134 valence electrons. The highest BCUT2D eigenvalue weighted by Gasteiger charge is 2.16. The molecule has 5 aromatic rings. The van der Waals surface area contributed by atoms with E-state index in [9.17, 15) is 0 Å². The molecule has 0 aliphatic carbocycles. The molecule has 2 N–H and O–H groups in total. The molecule has 5 aromatic carbocycles. The fourth-order valence-electron chi connectivity index (χ4n) is 4.18. The van der Waals surface area contributed by atoms with Gasteiger partial charge in [-0.25, -0.2) is 0 Å². The summed E-state index contributed by atoms with van der Waals surface area (Å²) in [6, 6.07) is 36.7. The Labute approximate surface area is 165 Å². The van der Waals surface area contributed by atoms with Crippen molar-refractivity contribution < 1.29 is 0 Å². The van der Waals surface area contributed by atoms with Crippen molar-refractivity contribution in [2.24, 2.45) is 5.73 Å². The highest BCUT2D eigenvalue weighted by atomic mass is 14.5. The lowest BCUT2D eigenvalue weighted by Crippen LogP contribution is -1.97. The summed E-state index contributed by atoms with van der Waals surface area (Å²) in [6.07, 6.45) is 0.